The van der Waals surface area contributed by atoms with Gasteiger partial charge in [-0.05, 0) is 47.9 Å². The van der Waals surface area contributed by atoms with E-state index in [-0.39, 0.29) is 17.1 Å². The Morgan fingerprint density at radius 1 is 1.03 bits per heavy atom. The van der Waals surface area contributed by atoms with Crippen molar-refractivity contribution in [1.82, 2.24) is 0 Å². The van der Waals surface area contributed by atoms with Crippen LogP contribution in [0.25, 0.3) is 0 Å². The average Bonchev–Trinajstić information content (AvgIpc) is 3.23. The van der Waals surface area contributed by atoms with Gasteiger partial charge in [-0.25, -0.2) is 0 Å². The molecule has 1 atom stereocenters. The van der Waals surface area contributed by atoms with E-state index in [0.29, 0.717) is 16.9 Å². The minimum atomic E-state index is -0.486. The van der Waals surface area contributed by atoms with Crippen LogP contribution in [0.5, 0.6) is 0 Å². The predicted molar refractivity (Wildman–Crippen MR) is 130 cm³/mol. The van der Waals surface area contributed by atoms with Gasteiger partial charge in [0.1, 0.15) is 0 Å². The summed E-state index contributed by atoms with van der Waals surface area (Å²) >= 11 is 1.42. The van der Waals surface area contributed by atoms with Crippen molar-refractivity contribution in [2.75, 3.05) is 10.2 Å². The number of amides is 1. The molecule has 5 heteroatoms. The van der Waals surface area contributed by atoms with Crippen LogP contribution in [-0.4, -0.2) is 11.7 Å². The Labute approximate surface area is 192 Å². The molecule has 0 saturated carbocycles. The number of anilines is 2. The van der Waals surface area contributed by atoms with Crippen molar-refractivity contribution >= 4 is 34.4 Å². The molecular formula is C27H26N2O2S. The van der Waals surface area contributed by atoms with E-state index in [4.69, 9.17) is 0 Å². The van der Waals surface area contributed by atoms with Gasteiger partial charge in [0.25, 0.3) is 5.91 Å². The Hall–Kier alpha value is -3.18. The molecule has 0 bridgehead atoms. The normalized spacial score (nSPS) is 19.7. The number of fused-ring (bicyclic) bond motifs is 1. The summed E-state index contributed by atoms with van der Waals surface area (Å²) in [6.07, 6.45) is 1.22. The second-order valence-electron chi connectivity index (χ2n) is 9.44. The molecule has 1 aliphatic heterocycles. The summed E-state index contributed by atoms with van der Waals surface area (Å²) in [6.45, 7) is 6.30. The fraction of sp³-hybridized carbons (Fsp3) is 0.259. The Balaban J connectivity index is 1.79. The highest BCUT2D eigenvalue weighted by molar-refractivity contribution is 7.12. The van der Waals surface area contributed by atoms with Crippen molar-refractivity contribution in [2.45, 2.75) is 39.7 Å². The molecule has 32 heavy (non-hydrogen) atoms. The number of ketones is 1. The largest absolute Gasteiger partial charge is 0.357 e. The number of aryl methyl sites for hydroxylation is 1. The van der Waals surface area contributed by atoms with Crippen molar-refractivity contribution in [1.29, 1.82) is 0 Å². The van der Waals surface area contributed by atoms with Gasteiger partial charge < -0.3 is 5.32 Å². The molecule has 2 aliphatic rings. The first-order chi connectivity index (χ1) is 15.3. The summed E-state index contributed by atoms with van der Waals surface area (Å²) in [4.78, 5) is 30.0. The Morgan fingerprint density at radius 2 is 1.78 bits per heavy atom. The summed E-state index contributed by atoms with van der Waals surface area (Å²) in [6, 6.07) is 19.3. The zero-order valence-electron chi connectivity index (χ0n) is 18.5. The molecule has 0 saturated heterocycles. The topological polar surface area (TPSA) is 49.4 Å². The van der Waals surface area contributed by atoms with E-state index >= 15 is 0 Å². The molecule has 2 aromatic carbocycles. The molecule has 1 N–H and O–H groups in total. The van der Waals surface area contributed by atoms with E-state index in [1.807, 2.05) is 77.9 Å². The number of carbonyl (C=O) groups is 2. The quantitative estimate of drug-likeness (QED) is 0.492. The SMILES string of the molecule is Cc1ccc([C@H]2C3=C(CC(C)(C)CC3=O)Nc3ccccc3N2C(=O)c2cccs2)cc1. The van der Waals surface area contributed by atoms with Gasteiger partial charge in [0.05, 0.1) is 22.3 Å². The fourth-order valence-corrected chi connectivity index (χ4v) is 5.45. The van der Waals surface area contributed by atoms with E-state index in [2.05, 4.69) is 19.2 Å². The maximum atomic E-state index is 13.9. The molecule has 1 amide bonds. The number of hydrogen-bond donors (Lipinski definition) is 1. The van der Waals surface area contributed by atoms with Gasteiger partial charge in [-0.3, -0.25) is 14.5 Å². The van der Waals surface area contributed by atoms with E-state index in [0.717, 1.165) is 34.6 Å². The standard InChI is InChI=1S/C27H26N2O2S/c1-17-10-12-18(13-11-17)25-24-20(15-27(2,3)16-22(24)30)28-19-7-4-5-8-21(19)29(25)26(31)23-9-6-14-32-23/h4-14,25,28H,15-16H2,1-3H3/t25-/m0/s1. The number of nitrogens with zero attached hydrogens (tertiary/aromatic N) is 1. The van der Waals surface area contributed by atoms with Gasteiger partial charge in [0.15, 0.2) is 5.78 Å². The molecule has 1 aliphatic carbocycles. The van der Waals surface area contributed by atoms with Gasteiger partial charge >= 0.3 is 0 Å². The zero-order valence-corrected chi connectivity index (χ0v) is 19.3. The molecule has 5 rings (SSSR count). The van der Waals surface area contributed by atoms with E-state index in [1.54, 1.807) is 0 Å². The monoisotopic (exact) mass is 442 g/mol. The fourth-order valence-electron chi connectivity index (χ4n) is 4.79. The molecule has 0 spiro atoms. The summed E-state index contributed by atoms with van der Waals surface area (Å²) in [5, 5.41) is 5.47. The Bertz CT molecular complexity index is 1220. The third kappa shape index (κ3) is 3.56. The first kappa shape index (κ1) is 20.7. The molecule has 0 fully saturated rings. The van der Waals surface area contributed by atoms with Crippen molar-refractivity contribution in [3.05, 3.63) is 93.3 Å². The van der Waals surface area contributed by atoms with E-state index in [9.17, 15) is 9.59 Å². The van der Waals surface area contributed by atoms with Gasteiger partial charge in [-0.2, -0.15) is 0 Å². The molecule has 4 nitrogen and oxygen atoms in total. The molecule has 0 unspecified atom stereocenters. The minimum Gasteiger partial charge on any atom is -0.357 e. The number of carbonyl (C=O) groups excluding carboxylic acids is 2. The minimum absolute atomic E-state index is 0.0915. The number of allylic oxidation sites excluding steroid dienone is 1. The lowest BCUT2D eigenvalue weighted by molar-refractivity contribution is -0.118. The van der Waals surface area contributed by atoms with Gasteiger partial charge in [-0.1, -0.05) is 61.9 Å². The third-order valence-corrected chi connectivity index (χ3v) is 7.10. The van der Waals surface area contributed by atoms with Crippen LogP contribution < -0.4 is 10.2 Å². The van der Waals surface area contributed by atoms with Gasteiger partial charge in [0.2, 0.25) is 0 Å². The number of nitrogens with one attached hydrogen (secondary N) is 1. The van der Waals surface area contributed by atoms with Crippen LogP contribution in [0.4, 0.5) is 11.4 Å². The first-order valence-electron chi connectivity index (χ1n) is 10.9. The number of para-hydroxylation sites is 2. The number of benzene rings is 2. The van der Waals surface area contributed by atoms with Crippen LogP contribution in [0.3, 0.4) is 0 Å². The highest BCUT2D eigenvalue weighted by Crippen LogP contribution is 2.48. The zero-order chi connectivity index (χ0) is 22.5. The summed E-state index contributed by atoms with van der Waals surface area (Å²) < 4.78 is 0. The highest BCUT2D eigenvalue weighted by atomic mass is 32.1. The lowest BCUT2D eigenvalue weighted by Crippen LogP contribution is -2.39. The lowest BCUT2D eigenvalue weighted by Gasteiger charge is -2.37. The first-order valence-corrected chi connectivity index (χ1v) is 11.8. The predicted octanol–water partition coefficient (Wildman–Crippen LogP) is 6.51. The molecular weight excluding hydrogens is 416 g/mol. The maximum absolute atomic E-state index is 13.9. The van der Waals surface area contributed by atoms with Crippen molar-refractivity contribution in [2.24, 2.45) is 5.41 Å². The van der Waals surface area contributed by atoms with Crippen LogP contribution >= 0.6 is 11.3 Å². The van der Waals surface area contributed by atoms with Crippen molar-refractivity contribution < 1.29 is 9.59 Å². The van der Waals surface area contributed by atoms with E-state index < -0.39 is 6.04 Å². The number of hydrogen-bond acceptors (Lipinski definition) is 4. The summed E-state index contributed by atoms with van der Waals surface area (Å²) in [7, 11) is 0. The van der Waals surface area contributed by atoms with Crippen LogP contribution in [0.1, 0.15) is 53.5 Å². The van der Waals surface area contributed by atoms with Crippen LogP contribution in [0.2, 0.25) is 0 Å². The second-order valence-corrected chi connectivity index (χ2v) is 10.4. The Morgan fingerprint density at radius 3 is 2.50 bits per heavy atom. The van der Waals surface area contributed by atoms with Crippen molar-refractivity contribution in [3.8, 4) is 0 Å². The Kier molecular flexibility index (Phi) is 5.01. The summed E-state index contributed by atoms with van der Waals surface area (Å²) in [5.41, 5.74) is 5.21. The highest BCUT2D eigenvalue weighted by Gasteiger charge is 2.43. The molecule has 3 aromatic rings. The number of Topliss-reactive ketones (excluding diaryl/α,β-unsaturated/α-hetero) is 1. The van der Waals surface area contributed by atoms with Crippen LogP contribution in [-0.2, 0) is 4.79 Å². The third-order valence-electron chi connectivity index (χ3n) is 6.24. The second kappa shape index (κ2) is 7.75. The average molecular weight is 443 g/mol. The lowest BCUT2D eigenvalue weighted by atomic mass is 9.73. The van der Waals surface area contributed by atoms with E-state index in [1.165, 1.54) is 11.3 Å². The number of thiophene rings is 1. The van der Waals surface area contributed by atoms with Gasteiger partial charge in [-0.15, -0.1) is 11.3 Å². The smallest absolute Gasteiger partial charge is 0.269 e. The van der Waals surface area contributed by atoms with Crippen LogP contribution in [0, 0.1) is 12.3 Å². The molecule has 162 valence electrons. The number of rotatable bonds is 2. The molecule has 2 heterocycles. The van der Waals surface area contributed by atoms with Crippen LogP contribution in [0.15, 0.2) is 77.3 Å². The maximum Gasteiger partial charge on any atom is 0.269 e. The van der Waals surface area contributed by atoms with Crippen molar-refractivity contribution in [3.63, 3.8) is 0 Å². The summed E-state index contributed by atoms with van der Waals surface area (Å²) in [5.74, 6) is 0.0114. The molecule has 0 radical (unpaired) electrons. The van der Waals surface area contributed by atoms with Gasteiger partial charge in [0, 0.05) is 17.7 Å². The molecule has 1 aromatic heterocycles.